The number of nitrogens with one attached hydrogen (secondary N) is 1. The van der Waals surface area contributed by atoms with Gasteiger partial charge in [0.1, 0.15) is 5.65 Å². The van der Waals surface area contributed by atoms with Crippen LogP contribution in [-0.4, -0.2) is 41.0 Å². The van der Waals surface area contributed by atoms with Crippen LogP contribution in [0.1, 0.15) is 44.0 Å². The molecule has 3 aromatic heterocycles. The minimum Gasteiger partial charge on any atom is -0.494 e. The first-order valence-corrected chi connectivity index (χ1v) is 8.91. The highest BCUT2D eigenvalue weighted by Gasteiger charge is 2.30. The average molecular weight is 370 g/mol. The lowest BCUT2D eigenvalue weighted by Gasteiger charge is -2.23. The molecule has 0 aromatic carbocycles. The summed E-state index contributed by atoms with van der Waals surface area (Å²) in [5.41, 5.74) is -0.730. The predicted octanol–water partition coefficient (Wildman–Crippen LogP) is 1.33. The predicted molar refractivity (Wildman–Crippen MR) is 98.2 cm³/mol. The number of amides is 1. The minimum atomic E-state index is -0.649. The number of nitrogens with zero attached hydrogens (tertiary/aromatic N) is 5. The summed E-state index contributed by atoms with van der Waals surface area (Å²) in [5, 5.41) is 22.0. The largest absolute Gasteiger partial charge is 0.494 e. The molecule has 1 amide bonds. The maximum absolute atomic E-state index is 12.9. The summed E-state index contributed by atoms with van der Waals surface area (Å²) < 4.78 is 4.24. The highest BCUT2D eigenvalue weighted by molar-refractivity contribution is 5.96. The number of carbonyl (C=O) groups excluding carboxylic acids is 1. The van der Waals surface area contributed by atoms with E-state index in [1.807, 2.05) is 20.8 Å². The molecule has 4 rings (SSSR count). The third-order valence-corrected chi connectivity index (χ3v) is 4.35. The fraction of sp³-hybridized carbons (Fsp3) is 0.444. The number of rotatable bonds is 4. The Balaban J connectivity index is 1.95. The summed E-state index contributed by atoms with van der Waals surface area (Å²) in [6.07, 6.45) is 5.09. The van der Waals surface area contributed by atoms with Crippen molar-refractivity contribution in [3.63, 3.8) is 0 Å². The molecule has 1 saturated carbocycles. The number of aromatic nitrogens is 5. The molecule has 0 saturated heterocycles. The van der Waals surface area contributed by atoms with Crippen LogP contribution in [-0.2, 0) is 6.54 Å². The van der Waals surface area contributed by atoms with Gasteiger partial charge in [-0.3, -0.25) is 14.2 Å². The van der Waals surface area contributed by atoms with Gasteiger partial charge in [0.15, 0.2) is 11.4 Å². The first kappa shape index (κ1) is 17.3. The summed E-state index contributed by atoms with van der Waals surface area (Å²) in [5.74, 6) is -0.480. The molecular weight excluding hydrogens is 348 g/mol. The van der Waals surface area contributed by atoms with Crippen LogP contribution in [0.3, 0.4) is 0 Å². The Morgan fingerprint density at radius 1 is 1.37 bits per heavy atom. The van der Waals surface area contributed by atoms with E-state index in [0.29, 0.717) is 18.0 Å². The summed E-state index contributed by atoms with van der Waals surface area (Å²) in [6.45, 7) is 6.43. The molecule has 3 aromatic rings. The molecular formula is C18H22N6O3. The van der Waals surface area contributed by atoms with Gasteiger partial charge in [-0.15, -0.1) is 5.10 Å². The Bertz CT molecular complexity index is 1070. The number of carbonyl (C=O) groups is 1. The molecule has 0 bridgehead atoms. The SMILES string of the molecule is CC(C)(C)Cn1c(O)c(C(=O)NC2CC2)c(=O)n2nc(-n3cccn3)cc12. The van der Waals surface area contributed by atoms with E-state index in [9.17, 15) is 14.7 Å². The van der Waals surface area contributed by atoms with E-state index < -0.39 is 11.5 Å². The van der Waals surface area contributed by atoms with Crippen molar-refractivity contribution >= 4 is 11.6 Å². The molecule has 9 heteroatoms. The van der Waals surface area contributed by atoms with E-state index in [1.54, 1.807) is 29.1 Å². The Hall–Kier alpha value is -3.10. The third-order valence-electron chi connectivity index (χ3n) is 4.35. The van der Waals surface area contributed by atoms with Crippen molar-refractivity contribution in [2.75, 3.05) is 0 Å². The summed E-state index contributed by atoms with van der Waals surface area (Å²) >= 11 is 0. The van der Waals surface area contributed by atoms with Crippen LogP contribution in [0.2, 0.25) is 0 Å². The third kappa shape index (κ3) is 3.20. The molecule has 0 unspecified atom stereocenters. The lowest BCUT2D eigenvalue weighted by Crippen LogP contribution is -2.35. The van der Waals surface area contributed by atoms with E-state index >= 15 is 0 Å². The molecule has 1 fully saturated rings. The van der Waals surface area contributed by atoms with E-state index in [0.717, 1.165) is 17.4 Å². The van der Waals surface area contributed by atoms with Crippen LogP contribution in [0.25, 0.3) is 11.5 Å². The molecule has 27 heavy (non-hydrogen) atoms. The zero-order chi connectivity index (χ0) is 19.3. The number of fused-ring (bicyclic) bond motifs is 1. The van der Waals surface area contributed by atoms with E-state index in [4.69, 9.17) is 0 Å². The molecule has 1 aliphatic rings. The van der Waals surface area contributed by atoms with Crippen LogP contribution in [0.4, 0.5) is 0 Å². The van der Waals surface area contributed by atoms with E-state index in [-0.39, 0.29) is 22.9 Å². The smallest absolute Gasteiger partial charge is 0.291 e. The zero-order valence-corrected chi connectivity index (χ0v) is 15.5. The van der Waals surface area contributed by atoms with Gasteiger partial charge >= 0.3 is 0 Å². The molecule has 9 nitrogen and oxygen atoms in total. The second-order valence-electron chi connectivity index (χ2n) is 8.12. The lowest BCUT2D eigenvalue weighted by atomic mass is 9.96. The van der Waals surface area contributed by atoms with Crippen LogP contribution in [0.5, 0.6) is 5.88 Å². The molecule has 142 valence electrons. The van der Waals surface area contributed by atoms with Gasteiger partial charge < -0.3 is 10.4 Å². The van der Waals surface area contributed by atoms with E-state index in [2.05, 4.69) is 15.5 Å². The molecule has 0 radical (unpaired) electrons. The Morgan fingerprint density at radius 2 is 2.11 bits per heavy atom. The van der Waals surface area contributed by atoms with Gasteiger partial charge in [-0.1, -0.05) is 20.8 Å². The first-order chi connectivity index (χ1) is 12.7. The van der Waals surface area contributed by atoms with Crippen molar-refractivity contribution in [1.29, 1.82) is 0 Å². The van der Waals surface area contributed by atoms with Gasteiger partial charge in [-0.05, 0) is 24.3 Å². The molecule has 0 spiro atoms. The standard InChI is InChI=1S/C18H22N6O3/c1-18(2,3)10-22-13-9-12(23-8-4-7-19-23)21-24(13)17(27)14(16(22)26)15(25)20-11-5-6-11/h4,7-9,11,26H,5-6,10H2,1-3H3,(H,20,25). The maximum atomic E-state index is 12.9. The lowest BCUT2D eigenvalue weighted by molar-refractivity contribution is 0.0944. The number of aromatic hydroxyl groups is 1. The second-order valence-corrected chi connectivity index (χ2v) is 8.12. The number of hydrogen-bond donors (Lipinski definition) is 2. The Morgan fingerprint density at radius 3 is 2.70 bits per heavy atom. The fourth-order valence-corrected chi connectivity index (χ4v) is 2.98. The quantitative estimate of drug-likeness (QED) is 0.720. The first-order valence-electron chi connectivity index (χ1n) is 8.91. The summed E-state index contributed by atoms with van der Waals surface area (Å²) in [7, 11) is 0. The molecule has 0 aliphatic heterocycles. The van der Waals surface area contributed by atoms with Crippen molar-refractivity contribution in [3.05, 3.63) is 40.4 Å². The molecule has 1 aliphatic carbocycles. The average Bonchev–Trinajstić information content (AvgIpc) is 3.08. The van der Waals surface area contributed by atoms with Crippen LogP contribution in [0, 0.1) is 5.41 Å². The highest BCUT2D eigenvalue weighted by atomic mass is 16.3. The van der Waals surface area contributed by atoms with Crippen molar-refractivity contribution in [2.24, 2.45) is 5.41 Å². The van der Waals surface area contributed by atoms with Gasteiger partial charge in [-0.2, -0.15) is 9.61 Å². The Labute approximate surface area is 155 Å². The van der Waals surface area contributed by atoms with Crippen LogP contribution < -0.4 is 10.9 Å². The van der Waals surface area contributed by atoms with Gasteiger partial charge in [0.05, 0.1) is 0 Å². The van der Waals surface area contributed by atoms with Gasteiger partial charge in [0.25, 0.3) is 11.5 Å². The normalized spacial score (nSPS) is 14.6. The van der Waals surface area contributed by atoms with Crippen molar-refractivity contribution in [1.82, 2.24) is 29.3 Å². The maximum Gasteiger partial charge on any atom is 0.291 e. The number of hydrogen-bond acceptors (Lipinski definition) is 5. The van der Waals surface area contributed by atoms with Gasteiger partial charge in [0, 0.05) is 31.0 Å². The summed E-state index contributed by atoms with van der Waals surface area (Å²) in [4.78, 5) is 25.5. The van der Waals surface area contributed by atoms with Crippen molar-refractivity contribution < 1.29 is 9.90 Å². The topological polar surface area (TPSA) is 106 Å². The minimum absolute atomic E-state index is 0.0697. The van der Waals surface area contributed by atoms with Crippen LogP contribution >= 0.6 is 0 Å². The molecule has 3 heterocycles. The second kappa shape index (κ2) is 5.97. The zero-order valence-electron chi connectivity index (χ0n) is 15.5. The highest BCUT2D eigenvalue weighted by Crippen LogP contribution is 2.26. The molecule has 2 N–H and O–H groups in total. The van der Waals surface area contributed by atoms with Crippen molar-refractivity contribution in [2.45, 2.75) is 46.2 Å². The van der Waals surface area contributed by atoms with E-state index in [1.165, 1.54) is 4.68 Å². The molecule has 0 atom stereocenters. The van der Waals surface area contributed by atoms with Crippen molar-refractivity contribution in [3.8, 4) is 11.7 Å². The van der Waals surface area contributed by atoms with Crippen LogP contribution in [0.15, 0.2) is 29.3 Å². The van der Waals surface area contributed by atoms with Gasteiger partial charge in [-0.25, -0.2) is 4.68 Å². The monoisotopic (exact) mass is 370 g/mol. The Kier molecular flexibility index (Phi) is 3.83. The summed E-state index contributed by atoms with van der Waals surface area (Å²) in [6, 6.07) is 3.49. The van der Waals surface area contributed by atoms with Gasteiger partial charge in [0.2, 0.25) is 5.88 Å². The fourth-order valence-electron chi connectivity index (χ4n) is 2.98.